The Kier molecular flexibility index (Phi) is 4.58. The summed E-state index contributed by atoms with van der Waals surface area (Å²) >= 11 is 0. The van der Waals surface area contributed by atoms with Crippen LogP contribution >= 0.6 is 0 Å². The minimum Gasteiger partial charge on any atom is -0.376 e. The normalized spacial score (nSPS) is 23.6. The molecule has 0 radical (unpaired) electrons. The van der Waals surface area contributed by atoms with E-state index in [-0.39, 0.29) is 18.1 Å². The third kappa shape index (κ3) is 3.80. The highest BCUT2D eigenvalue weighted by Gasteiger charge is 2.28. The van der Waals surface area contributed by atoms with E-state index in [1.165, 1.54) is 0 Å². The highest BCUT2D eigenvalue weighted by molar-refractivity contribution is 5.92. The van der Waals surface area contributed by atoms with Gasteiger partial charge in [0, 0.05) is 19.9 Å². The van der Waals surface area contributed by atoms with E-state index in [0.717, 1.165) is 25.9 Å². The Morgan fingerprint density at radius 2 is 2.42 bits per heavy atom. The van der Waals surface area contributed by atoms with Gasteiger partial charge in [0.25, 0.3) is 5.91 Å². The molecular weight excluding hydrogens is 242 g/mol. The van der Waals surface area contributed by atoms with E-state index in [1.807, 2.05) is 7.05 Å². The van der Waals surface area contributed by atoms with Crippen molar-refractivity contribution < 1.29 is 9.53 Å². The summed E-state index contributed by atoms with van der Waals surface area (Å²) in [6, 6.07) is 0.102. The number of imidazole rings is 1. The van der Waals surface area contributed by atoms with Crippen molar-refractivity contribution in [2.45, 2.75) is 45.3 Å². The van der Waals surface area contributed by atoms with Crippen LogP contribution in [0.5, 0.6) is 0 Å². The maximum absolute atomic E-state index is 12.1. The van der Waals surface area contributed by atoms with Gasteiger partial charge in [-0.15, -0.1) is 0 Å². The quantitative estimate of drug-likeness (QED) is 0.902. The molecule has 1 N–H and O–H groups in total. The van der Waals surface area contributed by atoms with Gasteiger partial charge in [0.15, 0.2) is 0 Å². The lowest BCUT2D eigenvalue weighted by Gasteiger charge is -2.33. The molecule has 19 heavy (non-hydrogen) atoms. The van der Waals surface area contributed by atoms with Crippen LogP contribution in [0.1, 0.15) is 43.6 Å². The first-order valence-electron chi connectivity index (χ1n) is 6.96. The van der Waals surface area contributed by atoms with Gasteiger partial charge in [-0.25, -0.2) is 4.98 Å². The second-order valence-electron chi connectivity index (χ2n) is 5.69. The van der Waals surface area contributed by atoms with Crippen LogP contribution in [0.15, 0.2) is 12.5 Å². The van der Waals surface area contributed by atoms with Gasteiger partial charge in [-0.1, -0.05) is 13.8 Å². The third-order valence-electron chi connectivity index (χ3n) is 3.40. The van der Waals surface area contributed by atoms with Crippen molar-refractivity contribution in [3.8, 4) is 0 Å². The number of aromatic nitrogens is 2. The summed E-state index contributed by atoms with van der Waals surface area (Å²) in [7, 11) is 1.86. The summed E-state index contributed by atoms with van der Waals surface area (Å²) in [6.07, 6.45) is 6.46. The molecule has 0 aromatic carbocycles. The SMILES string of the molecule is CC(C)C[C@@H]1OCCC[C@@H]1NC(=O)c1cn(C)cn1. The summed E-state index contributed by atoms with van der Waals surface area (Å²) in [5, 5.41) is 3.06. The van der Waals surface area contributed by atoms with Crippen LogP contribution in [0.3, 0.4) is 0 Å². The molecule has 1 amide bonds. The van der Waals surface area contributed by atoms with Gasteiger partial charge in [-0.05, 0) is 25.2 Å². The predicted octanol–water partition coefficient (Wildman–Crippen LogP) is 1.74. The first kappa shape index (κ1) is 14.1. The summed E-state index contributed by atoms with van der Waals surface area (Å²) in [5.41, 5.74) is 0.469. The zero-order valence-electron chi connectivity index (χ0n) is 11.9. The first-order chi connectivity index (χ1) is 9.06. The zero-order chi connectivity index (χ0) is 13.8. The van der Waals surface area contributed by atoms with Crippen molar-refractivity contribution in [3.63, 3.8) is 0 Å². The number of hydrogen-bond acceptors (Lipinski definition) is 3. The first-order valence-corrected chi connectivity index (χ1v) is 6.96. The molecule has 0 unspecified atom stereocenters. The Morgan fingerprint density at radius 3 is 3.05 bits per heavy atom. The minimum atomic E-state index is -0.107. The molecule has 2 rings (SSSR count). The molecule has 106 valence electrons. The Morgan fingerprint density at radius 1 is 1.63 bits per heavy atom. The van der Waals surface area contributed by atoms with Gasteiger partial charge in [0.2, 0.25) is 0 Å². The largest absolute Gasteiger partial charge is 0.376 e. The van der Waals surface area contributed by atoms with Crippen LogP contribution in [0.4, 0.5) is 0 Å². The monoisotopic (exact) mass is 265 g/mol. The van der Waals surface area contributed by atoms with Crippen LogP contribution < -0.4 is 5.32 Å². The fraction of sp³-hybridized carbons (Fsp3) is 0.714. The Hall–Kier alpha value is -1.36. The molecule has 2 atom stereocenters. The average molecular weight is 265 g/mol. The number of nitrogens with zero attached hydrogens (tertiary/aromatic N) is 2. The number of carbonyl (C=O) groups excluding carboxylic acids is 1. The number of hydrogen-bond donors (Lipinski definition) is 1. The molecular formula is C14H23N3O2. The highest BCUT2D eigenvalue weighted by atomic mass is 16.5. The van der Waals surface area contributed by atoms with Crippen molar-refractivity contribution in [1.82, 2.24) is 14.9 Å². The van der Waals surface area contributed by atoms with E-state index in [9.17, 15) is 4.79 Å². The van der Waals surface area contributed by atoms with Gasteiger partial charge in [0.05, 0.1) is 18.5 Å². The van der Waals surface area contributed by atoms with Gasteiger partial charge in [0.1, 0.15) is 5.69 Å². The molecule has 1 aromatic rings. The van der Waals surface area contributed by atoms with E-state index in [2.05, 4.69) is 24.1 Å². The molecule has 0 saturated carbocycles. The smallest absolute Gasteiger partial charge is 0.271 e. The Bertz CT molecular complexity index is 428. The van der Waals surface area contributed by atoms with Crippen LogP contribution in [-0.2, 0) is 11.8 Å². The predicted molar refractivity (Wildman–Crippen MR) is 72.9 cm³/mol. The lowest BCUT2D eigenvalue weighted by molar-refractivity contribution is -0.0186. The number of rotatable bonds is 4. The summed E-state index contributed by atoms with van der Waals surface area (Å²) in [6.45, 7) is 5.15. The number of nitrogens with one attached hydrogen (secondary N) is 1. The maximum Gasteiger partial charge on any atom is 0.271 e. The van der Waals surface area contributed by atoms with Gasteiger partial charge in [-0.2, -0.15) is 0 Å². The standard InChI is InChI=1S/C14H23N3O2/c1-10(2)7-13-11(5-4-6-19-13)16-14(18)12-8-17(3)9-15-12/h8-11,13H,4-7H2,1-3H3,(H,16,18)/t11-,13-/m0/s1. The van der Waals surface area contributed by atoms with Crippen molar-refractivity contribution in [1.29, 1.82) is 0 Å². The van der Waals surface area contributed by atoms with E-state index in [0.29, 0.717) is 11.6 Å². The maximum atomic E-state index is 12.1. The third-order valence-corrected chi connectivity index (χ3v) is 3.40. The zero-order valence-corrected chi connectivity index (χ0v) is 11.9. The second kappa shape index (κ2) is 6.19. The molecule has 0 bridgehead atoms. The van der Waals surface area contributed by atoms with Crippen LogP contribution in [-0.4, -0.2) is 34.2 Å². The number of ether oxygens (including phenoxy) is 1. The van der Waals surface area contributed by atoms with E-state index in [4.69, 9.17) is 4.74 Å². The van der Waals surface area contributed by atoms with Crippen LogP contribution in [0, 0.1) is 5.92 Å². The van der Waals surface area contributed by atoms with Crippen LogP contribution in [0.2, 0.25) is 0 Å². The minimum absolute atomic E-state index is 0.102. The van der Waals surface area contributed by atoms with Gasteiger partial charge >= 0.3 is 0 Å². The van der Waals surface area contributed by atoms with Gasteiger partial charge < -0.3 is 14.6 Å². The number of amides is 1. The molecule has 1 aliphatic rings. The molecule has 0 aliphatic carbocycles. The second-order valence-corrected chi connectivity index (χ2v) is 5.69. The average Bonchev–Trinajstić information content (AvgIpc) is 2.78. The summed E-state index contributed by atoms with van der Waals surface area (Å²) in [5.74, 6) is 0.460. The molecule has 2 heterocycles. The molecule has 1 aromatic heterocycles. The Labute approximate surface area is 114 Å². The summed E-state index contributed by atoms with van der Waals surface area (Å²) in [4.78, 5) is 16.2. The fourth-order valence-electron chi connectivity index (χ4n) is 2.47. The molecule has 1 fully saturated rings. The number of carbonyl (C=O) groups is 1. The molecule has 5 heteroatoms. The molecule has 0 spiro atoms. The topological polar surface area (TPSA) is 56.1 Å². The van der Waals surface area contributed by atoms with E-state index in [1.54, 1.807) is 17.1 Å². The number of aryl methyl sites for hydroxylation is 1. The molecule has 5 nitrogen and oxygen atoms in total. The lowest BCUT2D eigenvalue weighted by Crippen LogP contribution is -2.47. The van der Waals surface area contributed by atoms with E-state index >= 15 is 0 Å². The highest BCUT2D eigenvalue weighted by Crippen LogP contribution is 2.20. The van der Waals surface area contributed by atoms with E-state index < -0.39 is 0 Å². The molecule has 1 aliphatic heterocycles. The fourth-order valence-corrected chi connectivity index (χ4v) is 2.47. The van der Waals surface area contributed by atoms with Crippen molar-refractivity contribution in [2.75, 3.05) is 6.61 Å². The Balaban J connectivity index is 1.97. The van der Waals surface area contributed by atoms with Gasteiger partial charge in [-0.3, -0.25) is 4.79 Å². The van der Waals surface area contributed by atoms with Crippen molar-refractivity contribution >= 4 is 5.91 Å². The lowest BCUT2D eigenvalue weighted by atomic mass is 9.94. The van der Waals surface area contributed by atoms with Crippen molar-refractivity contribution in [2.24, 2.45) is 13.0 Å². The van der Waals surface area contributed by atoms with Crippen LogP contribution in [0.25, 0.3) is 0 Å². The molecule has 1 saturated heterocycles. The van der Waals surface area contributed by atoms with Crippen molar-refractivity contribution in [3.05, 3.63) is 18.2 Å². The summed E-state index contributed by atoms with van der Waals surface area (Å²) < 4.78 is 7.58.